The molecule has 0 unspecified atom stereocenters. The van der Waals surface area contributed by atoms with Crippen LogP contribution in [0.5, 0.6) is 11.5 Å². The third-order valence-corrected chi connectivity index (χ3v) is 4.32. The van der Waals surface area contributed by atoms with E-state index in [0.29, 0.717) is 19.7 Å². The fourth-order valence-electron chi connectivity index (χ4n) is 3.08. The van der Waals surface area contributed by atoms with E-state index < -0.39 is 0 Å². The first kappa shape index (κ1) is 17.3. The van der Waals surface area contributed by atoms with Gasteiger partial charge in [0, 0.05) is 18.5 Å². The van der Waals surface area contributed by atoms with E-state index >= 15 is 0 Å². The molecule has 2 aromatic carbocycles. The summed E-state index contributed by atoms with van der Waals surface area (Å²) in [5.41, 5.74) is 2.20. The maximum Gasteiger partial charge on any atom is 0.234 e. The number of nitrogens with zero attached hydrogens (tertiary/aromatic N) is 1. The molecular weight excluding hydrogens is 316 g/mol. The first-order valence-corrected chi connectivity index (χ1v) is 8.48. The quantitative estimate of drug-likeness (QED) is 0.878. The molecule has 25 heavy (non-hydrogen) atoms. The smallest absolute Gasteiger partial charge is 0.234 e. The Balaban J connectivity index is 1.54. The van der Waals surface area contributed by atoms with E-state index in [4.69, 9.17) is 9.47 Å². The van der Waals surface area contributed by atoms with Gasteiger partial charge in [0.25, 0.3) is 0 Å². The zero-order chi connectivity index (χ0) is 17.6. The minimum Gasteiger partial charge on any atom is -0.497 e. The van der Waals surface area contributed by atoms with Crippen LogP contribution in [0.4, 0.5) is 0 Å². The van der Waals surface area contributed by atoms with Crippen LogP contribution in [0.1, 0.15) is 23.6 Å². The monoisotopic (exact) mass is 340 g/mol. The number of rotatable bonds is 6. The van der Waals surface area contributed by atoms with Crippen LogP contribution in [-0.2, 0) is 11.3 Å². The summed E-state index contributed by atoms with van der Waals surface area (Å²) in [4.78, 5) is 14.4. The van der Waals surface area contributed by atoms with Gasteiger partial charge in [-0.3, -0.25) is 9.69 Å². The van der Waals surface area contributed by atoms with Crippen molar-refractivity contribution < 1.29 is 14.3 Å². The molecule has 1 aliphatic heterocycles. The number of ether oxygens (including phenoxy) is 2. The molecular formula is C20H24N2O3. The number of benzene rings is 2. The summed E-state index contributed by atoms with van der Waals surface area (Å²) < 4.78 is 10.8. The van der Waals surface area contributed by atoms with Gasteiger partial charge in [-0.1, -0.05) is 30.3 Å². The average molecular weight is 340 g/mol. The minimum atomic E-state index is 0.0202. The highest BCUT2D eigenvalue weighted by molar-refractivity contribution is 5.78. The molecule has 0 aromatic heterocycles. The molecule has 0 spiro atoms. The second kappa shape index (κ2) is 8.03. The van der Waals surface area contributed by atoms with Crippen molar-refractivity contribution in [1.29, 1.82) is 0 Å². The van der Waals surface area contributed by atoms with Gasteiger partial charge < -0.3 is 14.8 Å². The Morgan fingerprint density at radius 1 is 1.24 bits per heavy atom. The first-order chi connectivity index (χ1) is 12.2. The Bertz CT molecular complexity index is 715. The molecule has 3 rings (SSSR count). The van der Waals surface area contributed by atoms with Crippen molar-refractivity contribution in [3.8, 4) is 11.5 Å². The number of para-hydroxylation sites is 1. The van der Waals surface area contributed by atoms with Gasteiger partial charge in [0.1, 0.15) is 11.5 Å². The Labute approximate surface area is 148 Å². The molecule has 0 radical (unpaired) electrons. The molecule has 1 heterocycles. The van der Waals surface area contributed by atoms with E-state index in [1.807, 2.05) is 60.5 Å². The number of amides is 1. The number of nitrogens with one attached hydrogen (secondary N) is 1. The summed E-state index contributed by atoms with van der Waals surface area (Å²) in [6.45, 7) is 1.69. The number of carbonyl (C=O) groups excluding carboxylic acids is 1. The van der Waals surface area contributed by atoms with E-state index in [-0.39, 0.29) is 11.9 Å². The second-order valence-corrected chi connectivity index (χ2v) is 6.32. The van der Waals surface area contributed by atoms with Gasteiger partial charge in [-0.15, -0.1) is 0 Å². The molecule has 0 fully saturated rings. The minimum absolute atomic E-state index is 0.0202. The highest BCUT2D eigenvalue weighted by Gasteiger charge is 2.22. The number of fused-ring (bicyclic) bond motifs is 1. The highest BCUT2D eigenvalue weighted by Crippen LogP contribution is 2.31. The van der Waals surface area contributed by atoms with Gasteiger partial charge in [0.05, 0.1) is 26.3 Å². The first-order valence-electron chi connectivity index (χ1n) is 8.48. The van der Waals surface area contributed by atoms with Crippen molar-refractivity contribution in [3.63, 3.8) is 0 Å². The number of likely N-dealkylation sites (N-methyl/N-ethyl adjacent to an activating group) is 1. The Kier molecular flexibility index (Phi) is 5.56. The lowest BCUT2D eigenvalue weighted by atomic mass is 10.0. The maximum absolute atomic E-state index is 12.4. The van der Waals surface area contributed by atoms with E-state index in [1.165, 1.54) is 0 Å². The molecule has 1 amide bonds. The SMILES string of the molecule is COc1ccc(CN(C)CC(=O)N[C@H]2CCOc3ccccc32)cc1. The molecule has 0 saturated carbocycles. The molecule has 5 nitrogen and oxygen atoms in total. The fraction of sp³-hybridized carbons (Fsp3) is 0.350. The maximum atomic E-state index is 12.4. The van der Waals surface area contributed by atoms with E-state index in [1.54, 1.807) is 7.11 Å². The van der Waals surface area contributed by atoms with Crippen molar-refractivity contribution in [3.05, 3.63) is 59.7 Å². The van der Waals surface area contributed by atoms with Crippen LogP contribution in [0, 0.1) is 0 Å². The zero-order valence-corrected chi connectivity index (χ0v) is 14.7. The Morgan fingerprint density at radius 2 is 2.00 bits per heavy atom. The largest absolute Gasteiger partial charge is 0.497 e. The summed E-state index contributed by atoms with van der Waals surface area (Å²) in [7, 11) is 3.60. The number of hydrogen-bond donors (Lipinski definition) is 1. The lowest BCUT2D eigenvalue weighted by Gasteiger charge is -2.27. The molecule has 2 aromatic rings. The van der Waals surface area contributed by atoms with Crippen LogP contribution in [0.3, 0.4) is 0 Å². The summed E-state index contributed by atoms with van der Waals surface area (Å²) in [6, 6.07) is 15.8. The predicted molar refractivity (Wildman–Crippen MR) is 96.8 cm³/mol. The van der Waals surface area contributed by atoms with E-state index in [2.05, 4.69) is 5.32 Å². The third-order valence-electron chi connectivity index (χ3n) is 4.32. The zero-order valence-electron chi connectivity index (χ0n) is 14.7. The summed E-state index contributed by atoms with van der Waals surface area (Å²) in [5, 5.41) is 3.13. The van der Waals surface area contributed by atoms with Crippen molar-refractivity contribution in [2.24, 2.45) is 0 Å². The lowest BCUT2D eigenvalue weighted by Crippen LogP contribution is -2.38. The standard InChI is InChI=1S/C20H24N2O3/c1-22(13-15-7-9-16(24-2)10-8-15)14-20(23)21-18-11-12-25-19-6-4-3-5-17(18)19/h3-10,18H,11-14H2,1-2H3,(H,21,23)/t18-/m0/s1. The van der Waals surface area contributed by atoms with Crippen LogP contribution in [0.15, 0.2) is 48.5 Å². The van der Waals surface area contributed by atoms with Crippen molar-refractivity contribution in [2.75, 3.05) is 27.3 Å². The van der Waals surface area contributed by atoms with Crippen LogP contribution in [0.2, 0.25) is 0 Å². The highest BCUT2D eigenvalue weighted by atomic mass is 16.5. The van der Waals surface area contributed by atoms with Gasteiger partial charge in [0.2, 0.25) is 5.91 Å². The average Bonchev–Trinajstić information content (AvgIpc) is 2.62. The number of methoxy groups -OCH3 is 1. The Morgan fingerprint density at radius 3 is 2.76 bits per heavy atom. The van der Waals surface area contributed by atoms with Gasteiger partial charge in [0.15, 0.2) is 0 Å². The van der Waals surface area contributed by atoms with Gasteiger partial charge in [-0.25, -0.2) is 0 Å². The second-order valence-electron chi connectivity index (χ2n) is 6.32. The number of hydrogen-bond acceptors (Lipinski definition) is 4. The van der Waals surface area contributed by atoms with Crippen molar-refractivity contribution in [1.82, 2.24) is 10.2 Å². The van der Waals surface area contributed by atoms with Crippen LogP contribution >= 0.6 is 0 Å². The van der Waals surface area contributed by atoms with Crippen molar-refractivity contribution >= 4 is 5.91 Å². The molecule has 5 heteroatoms. The summed E-state index contributed by atoms with van der Waals surface area (Å²) in [6.07, 6.45) is 0.797. The van der Waals surface area contributed by atoms with Crippen LogP contribution in [-0.4, -0.2) is 38.1 Å². The number of carbonyl (C=O) groups is 1. The van der Waals surface area contributed by atoms with E-state index in [9.17, 15) is 4.79 Å². The third kappa shape index (κ3) is 4.51. The lowest BCUT2D eigenvalue weighted by molar-refractivity contribution is -0.123. The fourth-order valence-corrected chi connectivity index (χ4v) is 3.08. The summed E-state index contributed by atoms with van der Waals surface area (Å²) in [5.74, 6) is 1.73. The molecule has 0 aliphatic carbocycles. The van der Waals surface area contributed by atoms with Crippen molar-refractivity contribution in [2.45, 2.75) is 19.0 Å². The molecule has 1 aliphatic rings. The topological polar surface area (TPSA) is 50.8 Å². The molecule has 1 N–H and O–H groups in total. The predicted octanol–water partition coefficient (Wildman–Crippen LogP) is 2.77. The van der Waals surface area contributed by atoms with Crippen LogP contribution in [0.25, 0.3) is 0 Å². The molecule has 0 bridgehead atoms. The van der Waals surface area contributed by atoms with E-state index in [0.717, 1.165) is 29.0 Å². The molecule has 132 valence electrons. The van der Waals surface area contributed by atoms with Gasteiger partial charge >= 0.3 is 0 Å². The summed E-state index contributed by atoms with van der Waals surface area (Å²) >= 11 is 0. The van der Waals surface area contributed by atoms with Gasteiger partial charge in [-0.05, 0) is 30.8 Å². The van der Waals surface area contributed by atoms with Crippen LogP contribution < -0.4 is 14.8 Å². The molecule has 0 saturated heterocycles. The Hall–Kier alpha value is -2.53. The molecule has 1 atom stereocenters. The normalized spacial score (nSPS) is 16.0. The van der Waals surface area contributed by atoms with Gasteiger partial charge in [-0.2, -0.15) is 0 Å².